The molecule has 0 atom stereocenters. The topological polar surface area (TPSA) is 52.0 Å². The molecule has 2 rings (SSSR count). The fourth-order valence-electron chi connectivity index (χ4n) is 1.89. The molecule has 2 aromatic rings. The Morgan fingerprint density at radius 3 is 2.53 bits per heavy atom. The molecule has 0 unspecified atom stereocenters. The van der Waals surface area contributed by atoms with Crippen LogP contribution in [0.2, 0.25) is 0 Å². The lowest BCUT2D eigenvalue weighted by Gasteiger charge is -2.09. The van der Waals surface area contributed by atoms with E-state index in [1.165, 1.54) is 6.07 Å². The highest BCUT2D eigenvalue weighted by Crippen LogP contribution is 2.29. The molecule has 1 aromatic carbocycles. The van der Waals surface area contributed by atoms with Crippen LogP contribution in [0.15, 0.2) is 23.1 Å². The summed E-state index contributed by atoms with van der Waals surface area (Å²) in [5, 5.41) is 5.18. The first-order valence-electron chi connectivity index (χ1n) is 5.25. The summed E-state index contributed by atoms with van der Waals surface area (Å²) in [5.74, 6) is 0. The van der Waals surface area contributed by atoms with Crippen LogP contribution in [0.5, 0.6) is 0 Å². The zero-order chi connectivity index (χ0) is 12.8. The summed E-state index contributed by atoms with van der Waals surface area (Å²) in [6.07, 6.45) is 0. The van der Waals surface area contributed by atoms with Crippen molar-refractivity contribution in [2.45, 2.75) is 31.7 Å². The van der Waals surface area contributed by atoms with E-state index >= 15 is 0 Å². The van der Waals surface area contributed by atoms with Gasteiger partial charge in [0.05, 0.1) is 11.2 Å². The van der Waals surface area contributed by atoms with Crippen molar-refractivity contribution in [2.24, 2.45) is 0 Å². The van der Waals surface area contributed by atoms with Crippen molar-refractivity contribution in [3.63, 3.8) is 0 Å². The lowest BCUT2D eigenvalue weighted by molar-refractivity contribution is 0.543. The standard InChI is InChI=1S/C11H13ClN2O2S/c1-7(2)14-11-9(8(3)13-14)5-4-6-10(11)17(12,15)16/h4-7H,1-3H3. The first-order valence-corrected chi connectivity index (χ1v) is 7.56. The molecule has 0 fully saturated rings. The molecule has 0 saturated carbocycles. The van der Waals surface area contributed by atoms with Gasteiger partial charge in [-0.05, 0) is 26.8 Å². The Kier molecular flexibility index (Phi) is 2.91. The zero-order valence-corrected chi connectivity index (χ0v) is 11.4. The van der Waals surface area contributed by atoms with E-state index in [-0.39, 0.29) is 10.9 Å². The Balaban J connectivity index is 2.96. The number of hydrogen-bond acceptors (Lipinski definition) is 3. The van der Waals surface area contributed by atoms with Crippen molar-refractivity contribution >= 4 is 30.6 Å². The lowest BCUT2D eigenvalue weighted by atomic mass is 10.2. The van der Waals surface area contributed by atoms with E-state index in [4.69, 9.17) is 10.7 Å². The van der Waals surface area contributed by atoms with Gasteiger partial charge in [0.2, 0.25) is 0 Å². The van der Waals surface area contributed by atoms with Crippen LogP contribution in [0.1, 0.15) is 25.6 Å². The van der Waals surface area contributed by atoms with E-state index in [9.17, 15) is 8.42 Å². The predicted molar refractivity (Wildman–Crippen MR) is 67.9 cm³/mol. The molecule has 92 valence electrons. The minimum absolute atomic E-state index is 0.0748. The molecule has 0 bridgehead atoms. The minimum atomic E-state index is -3.76. The Morgan fingerprint density at radius 2 is 2.00 bits per heavy atom. The molecule has 0 aliphatic rings. The van der Waals surface area contributed by atoms with Crippen molar-refractivity contribution in [1.29, 1.82) is 0 Å². The van der Waals surface area contributed by atoms with Gasteiger partial charge in [0.25, 0.3) is 9.05 Å². The monoisotopic (exact) mass is 272 g/mol. The summed E-state index contributed by atoms with van der Waals surface area (Å²) in [6, 6.07) is 5.11. The van der Waals surface area contributed by atoms with E-state index in [0.29, 0.717) is 5.52 Å². The van der Waals surface area contributed by atoms with Crippen LogP contribution in [0.3, 0.4) is 0 Å². The van der Waals surface area contributed by atoms with Crippen LogP contribution in [-0.2, 0) is 9.05 Å². The highest BCUT2D eigenvalue weighted by molar-refractivity contribution is 8.14. The van der Waals surface area contributed by atoms with E-state index in [0.717, 1.165) is 11.1 Å². The van der Waals surface area contributed by atoms with Gasteiger partial charge in [-0.3, -0.25) is 4.68 Å². The molecule has 1 heterocycles. The summed E-state index contributed by atoms with van der Waals surface area (Å²) in [6.45, 7) is 5.75. The summed E-state index contributed by atoms with van der Waals surface area (Å²) >= 11 is 0. The molecule has 0 aliphatic carbocycles. The van der Waals surface area contributed by atoms with Crippen LogP contribution in [-0.4, -0.2) is 18.2 Å². The quantitative estimate of drug-likeness (QED) is 0.790. The Bertz CT molecular complexity index is 674. The minimum Gasteiger partial charge on any atom is -0.261 e. The molecule has 0 amide bonds. The zero-order valence-electron chi connectivity index (χ0n) is 9.81. The Morgan fingerprint density at radius 1 is 1.35 bits per heavy atom. The second kappa shape index (κ2) is 3.99. The smallest absolute Gasteiger partial charge is 0.261 e. The molecule has 0 radical (unpaired) electrons. The number of rotatable bonds is 2. The number of halogens is 1. The van der Waals surface area contributed by atoms with Gasteiger partial charge in [-0.1, -0.05) is 12.1 Å². The average Bonchev–Trinajstić information content (AvgIpc) is 2.55. The van der Waals surface area contributed by atoms with Crippen LogP contribution in [0.4, 0.5) is 0 Å². The molecule has 0 N–H and O–H groups in total. The number of aromatic nitrogens is 2. The van der Waals surface area contributed by atoms with E-state index in [2.05, 4.69) is 5.10 Å². The third-order valence-electron chi connectivity index (χ3n) is 2.63. The maximum Gasteiger partial charge on any atom is 0.263 e. The maximum absolute atomic E-state index is 11.6. The molecule has 4 nitrogen and oxygen atoms in total. The second-order valence-corrected chi connectivity index (χ2v) is 6.75. The second-order valence-electron chi connectivity index (χ2n) is 4.21. The number of benzene rings is 1. The van der Waals surface area contributed by atoms with Gasteiger partial charge in [-0.15, -0.1) is 0 Å². The highest BCUT2D eigenvalue weighted by Gasteiger charge is 2.20. The largest absolute Gasteiger partial charge is 0.263 e. The molecular weight excluding hydrogens is 260 g/mol. The Hall–Kier alpha value is -1.07. The average molecular weight is 273 g/mol. The normalized spacial score (nSPS) is 12.5. The fourth-order valence-corrected chi connectivity index (χ4v) is 2.94. The highest BCUT2D eigenvalue weighted by atomic mass is 35.7. The van der Waals surface area contributed by atoms with Gasteiger partial charge in [0, 0.05) is 22.1 Å². The van der Waals surface area contributed by atoms with Gasteiger partial charge in [0.15, 0.2) is 0 Å². The van der Waals surface area contributed by atoms with Crippen LogP contribution >= 0.6 is 10.7 Å². The fraction of sp³-hybridized carbons (Fsp3) is 0.364. The van der Waals surface area contributed by atoms with Gasteiger partial charge in [-0.2, -0.15) is 5.10 Å². The van der Waals surface area contributed by atoms with Crippen molar-refractivity contribution in [2.75, 3.05) is 0 Å². The van der Waals surface area contributed by atoms with Crippen molar-refractivity contribution in [3.05, 3.63) is 23.9 Å². The van der Waals surface area contributed by atoms with Crippen LogP contribution < -0.4 is 0 Å². The van der Waals surface area contributed by atoms with Gasteiger partial charge in [0.1, 0.15) is 4.90 Å². The van der Waals surface area contributed by atoms with Crippen molar-refractivity contribution in [1.82, 2.24) is 9.78 Å². The number of nitrogens with zero attached hydrogens (tertiary/aromatic N) is 2. The van der Waals surface area contributed by atoms with E-state index in [1.807, 2.05) is 26.8 Å². The van der Waals surface area contributed by atoms with E-state index in [1.54, 1.807) is 10.7 Å². The van der Waals surface area contributed by atoms with E-state index < -0.39 is 9.05 Å². The third kappa shape index (κ3) is 2.05. The van der Waals surface area contributed by atoms with Gasteiger partial charge < -0.3 is 0 Å². The maximum atomic E-state index is 11.6. The first-order chi connectivity index (χ1) is 7.82. The number of aryl methyl sites for hydroxylation is 1. The summed E-state index contributed by atoms with van der Waals surface area (Å²) in [7, 11) is 1.69. The van der Waals surface area contributed by atoms with Crippen molar-refractivity contribution < 1.29 is 8.42 Å². The predicted octanol–water partition coefficient (Wildman–Crippen LogP) is 2.85. The molecule has 0 saturated heterocycles. The molecule has 17 heavy (non-hydrogen) atoms. The molecule has 0 spiro atoms. The number of para-hydroxylation sites is 1. The molecule has 0 aliphatic heterocycles. The first kappa shape index (κ1) is 12.4. The Labute approximate surface area is 105 Å². The van der Waals surface area contributed by atoms with Crippen molar-refractivity contribution in [3.8, 4) is 0 Å². The number of hydrogen-bond donors (Lipinski definition) is 0. The van der Waals surface area contributed by atoms with Crippen LogP contribution in [0, 0.1) is 6.92 Å². The molecular formula is C11H13ClN2O2S. The molecule has 1 aromatic heterocycles. The summed E-state index contributed by atoms with van der Waals surface area (Å²) in [5.41, 5.74) is 1.38. The van der Waals surface area contributed by atoms with Gasteiger partial charge >= 0.3 is 0 Å². The molecule has 6 heteroatoms. The number of fused-ring (bicyclic) bond motifs is 1. The third-order valence-corrected chi connectivity index (χ3v) is 3.98. The summed E-state index contributed by atoms with van der Waals surface area (Å²) < 4.78 is 24.8. The lowest BCUT2D eigenvalue weighted by Crippen LogP contribution is -2.05. The van der Waals surface area contributed by atoms with Gasteiger partial charge in [-0.25, -0.2) is 8.42 Å². The van der Waals surface area contributed by atoms with Crippen LogP contribution in [0.25, 0.3) is 10.9 Å². The summed E-state index contributed by atoms with van der Waals surface area (Å²) in [4.78, 5) is 0.117. The SMILES string of the molecule is Cc1nn(C(C)C)c2c(S(=O)(=O)Cl)cccc12.